The lowest BCUT2D eigenvalue weighted by atomic mass is 9.90. The van der Waals surface area contributed by atoms with Gasteiger partial charge in [-0.3, -0.25) is 14.5 Å². The molecular formula is C22H29ClN4O3. The third-order valence-electron chi connectivity index (χ3n) is 5.31. The maximum absolute atomic E-state index is 13.5. The number of ether oxygens (including phenoxy) is 1. The van der Waals surface area contributed by atoms with Crippen molar-refractivity contribution in [3.8, 4) is 5.88 Å². The fraction of sp³-hybridized carbons (Fsp3) is 0.500. The van der Waals surface area contributed by atoms with Crippen molar-refractivity contribution in [1.29, 1.82) is 0 Å². The number of amides is 2. The summed E-state index contributed by atoms with van der Waals surface area (Å²) in [5.74, 6) is 0.621. The number of nitrogens with zero attached hydrogens (tertiary/aromatic N) is 2. The van der Waals surface area contributed by atoms with Gasteiger partial charge in [0.1, 0.15) is 11.5 Å². The van der Waals surface area contributed by atoms with Crippen LogP contribution >= 0.6 is 11.6 Å². The van der Waals surface area contributed by atoms with E-state index in [0.717, 1.165) is 0 Å². The summed E-state index contributed by atoms with van der Waals surface area (Å²) in [6, 6.07) is 2.84. The number of carbonyl (C=O) groups is 2. The summed E-state index contributed by atoms with van der Waals surface area (Å²) >= 11 is 6.26. The van der Waals surface area contributed by atoms with Crippen LogP contribution in [0.2, 0.25) is 0 Å². The lowest BCUT2D eigenvalue weighted by Crippen LogP contribution is -2.58. The number of nitrogens with one attached hydrogen (secondary N) is 2. The predicted octanol–water partition coefficient (Wildman–Crippen LogP) is 3.61. The van der Waals surface area contributed by atoms with E-state index in [9.17, 15) is 9.59 Å². The Bertz CT molecular complexity index is 898. The Balaban J connectivity index is 2.00. The smallest absolute Gasteiger partial charge is 0.271 e. The summed E-state index contributed by atoms with van der Waals surface area (Å²) in [7, 11) is 1.71. The molecule has 2 amide bonds. The van der Waals surface area contributed by atoms with E-state index >= 15 is 0 Å². The monoisotopic (exact) mass is 432 g/mol. The number of rotatable bonds is 6. The molecule has 8 heteroatoms. The Hall–Kier alpha value is -2.38. The lowest BCUT2D eigenvalue weighted by Gasteiger charge is -2.43. The summed E-state index contributed by atoms with van der Waals surface area (Å²) in [5.41, 5.74) is -0.488. The number of allylic oxidation sites excluding steroid dienone is 2. The van der Waals surface area contributed by atoms with Gasteiger partial charge in [0.25, 0.3) is 5.91 Å². The molecule has 2 aliphatic rings. The minimum Gasteiger partial charge on any atom is -0.460 e. The first-order valence-corrected chi connectivity index (χ1v) is 10.6. The molecule has 1 aromatic rings. The van der Waals surface area contributed by atoms with E-state index in [1.165, 1.54) is 0 Å². The Kier molecular flexibility index (Phi) is 6.53. The first-order valence-electron chi connectivity index (χ1n) is 10.2. The molecule has 0 radical (unpaired) electrons. The average molecular weight is 433 g/mol. The molecule has 0 bridgehead atoms. The van der Waals surface area contributed by atoms with Gasteiger partial charge in [0, 0.05) is 11.5 Å². The highest BCUT2D eigenvalue weighted by atomic mass is 35.5. The standard InChI is InChI=1S/C22H29ClN4O3/c1-13(2)12-22(4)21(29)27(16-8-6-7-15(23)11-16)17-9-10-18(26-20(17)30-22)25-19(28)14(3)24-5/h6-10,13-14,16,24H,11-12H2,1-5H3,(H,25,26,28). The van der Waals surface area contributed by atoms with Crippen molar-refractivity contribution < 1.29 is 14.3 Å². The largest absolute Gasteiger partial charge is 0.460 e. The zero-order valence-corrected chi connectivity index (χ0v) is 18.8. The van der Waals surface area contributed by atoms with Gasteiger partial charge in [0.05, 0.1) is 12.1 Å². The number of hydrogen-bond acceptors (Lipinski definition) is 5. The number of carbonyl (C=O) groups excluding carboxylic acids is 2. The molecule has 1 aliphatic carbocycles. The number of halogens is 1. The van der Waals surface area contributed by atoms with Gasteiger partial charge in [-0.05, 0) is 51.4 Å². The normalized spacial score (nSPS) is 24.2. The van der Waals surface area contributed by atoms with E-state index in [4.69, 9.17) is 16.3 Å². The molecule has 1 aromatic heterocycles. The van der Waals surface area contributed by atoms with Gasteiger partial charge in [-0.15, -0.1) is 0 Å². The van der Waals surface area contributed by atoms with Gasteiger partial charge >= 0.3 is 0 Å². The Morgan fingerprint density at radius 1 is 1.40 bits per heavy atom. The van der Waals surface area contributed by atoms with Gasteiger partial charge in [-0.25, -0.2) is 0 Å². The van der Waals surface area contributed by atoms with Crippen molar-refractivity contribution in [2.24, 2.45) is 5.92 Å². The molecule has 7 nitrogen and oxygen atoms in total. The Labute approximate surface area is 182 Å². The van der Waals surface area contributed by atoms with Crippen LogP contribution in [0.15, 0.2) is 35.4 Å². The SMILES string of the molecule is CNC(C)C(=O)Nc1ccc2c(n1)OC(C)(CC(C)C)C(=O)N2C1C=CC=C(Cl)C1. The van der Waals surface area contributed by atoms with Crippen LogP contribution in [0.4, 0.5) is 11.5 Å². The summed E-state index contributed by atoms with van der Waals surface area (Å²) in [4.78, 5) is 32.0. The van der Waals surface area contributed by atoms with Crippen LogP contribution in [0.3, 0.4) is 0 Å². The quantitative estimate of drug-likeness (QED) is 0.717. The second kappa shape index (κ2) is 8.78. The van der Waals surface area contributed by atoms with Crippen LogP contribution in [-0.2, 0) is 9.59 Å². The van der Waals surface area contributed by atoms with Crippen molar-refractivity contribution in [1.82, 2.24) is 10.3 Å². The predicted molar refractivity (Wildman–Crippen MR) is 119 cm³/mol. The number of hydrogen-bond donors (Lipinski definition) is 2. The van der Waals surface area contributed by atoms with Gasteiger partial charge in [0.2, 0.25) is 11.8 Å². The third-order valence-corrected chi connectivity index (χ3v) is 5.59. The van der Waals surface area contributed by atoms with Crippen LogP contribution in [0, 0.1) is 5.92 Å². The number of likely N-dealkylation sites (N-methyl/N-ethyl adjacent to an activating group) is 1. The molecule has 3 unspecified atom stereocenters. The fourth-order valence-electron chi connectivity index (χ4n) is 3.79. The van der Waals surface area contributed by atoms with Crippen LogP contribution in [0.25, 0.3) is 0 Å². The van der Waals surface area contributed by atoms with E-state index in [1.807, 2.05) is 32.1 Å². The Morgan fingerprint density at radius 3 is 2.77 bits per heavy atom. The van der Waals surface area contributed by atoms with Crippen molar-refractivity contribution in [2.45, 2.75) is 58.2 Å². The zero-order chi connectivity index (χ0) is 22.1. The minimum atomic E-state index is -1.06. The van der Waals surface area contributed by atoms with Crippen LogP contribution < -0.4 is 20.3 Å². The van der Waals surface area contributed by atoms with Crippen LogP contribution in [0.5, 0.6) is 5.88 Å². The maximum atomic E-state index is 13.5. The zero-order valence-electron chi connectivity index (χ0n) is 18.0. The molecule has 2 heterocycles. The third kappa shape index (κ3) is 4.52. The molecule has 2 N–H and O–H groups in total. The molecule has 162 valence electrons. The second-order valence-corrected chi connectivity index (χ2v) is 8.88. The van der Waals surface area contributed by atoms with Gasteiger partial charge in [-0.2, -0.15) is 4.98 Å². The summed E-state index contributed by atoms with van der Waals surface area (Å²) in [5, 5.41) is 6.36. The molecule has 3 rings (SSSR count). The molecule has 0 spiro atoms. The number of fused-ring (bicyclic) bond motifs is 1. The Morgan fingerprint density at radius 2 is 2.13 bits per heavy atom. The highest BCUT2D eigenvalue weighted by Crippen LogP contribution is 2.42. The summed E-state index contributed by atoms with van der Waals surface area (Å²) in [6.07, 6.45) is 6.71. The molecule has 0 fully saturated rings. The summed E-state index contributed by atoms with van der Waals surface area (Å²) < 4.78 is 6.16. The van der Waals surface area contributed by atoms with Gasteiger partial charge in [0.15, 0.2) is 5.60 Å². The van der Waals surface area contributed by atoms with Crippen molar-refractivity contribution in [2.75, 3.05) is 17.3 Å². The van der Waals surface area contributed by atoms with E-state index < -0.39 is 5.60 Å². The highest BCUT2D eigenvalue weighted by molar-refractivity contribution is 6.29. The first-order chi connectivity index (χ1) is 14.1. The molecule has 30 heavy (non-hydrogen) atoms. The molecule has 0 saturated carbocycles. The highest BCUT2D eigenvalue weighted by Gasteiger charge is 2.47. The van der Waals surface area contributed by atoms with Crippen molar-refractivity contribution >= 4 is 34.9 Å². The fourth-order valence-corrected chi connectivity index (χ4v) is 4.02. The van der Waals surface area contributed by atoms with Gasteiger partial charge < -0.3 is 15.4 Å². The van der Waals surface area contributed by atoms with E-state index in [1.54, 1.807) is 37.9 Å². The lowest BCUT2D eigenvalue weighted by molar-refractivity contribution is -0.136. The summed E-state index contributed by atoms with van der Waals surface area (Å²) in [6.45, 7) is 7.65. The van der Waals surface area contributed by atoms with Crippen LogP contribution in [0.1, 0.15) is 40.5 Å². The van der Waals surface area contributed by atoms with Gasteiger partial charge in [-0.1, -0.05) is 37.6 Å². The number of anilines is 2. The minimum absolute atomic E-state index is 0.118. The van der Waals surface area contributed by atoms with Crippen molar-refractivity contribution in [3.05, 3.63) is 35.4 Å². The van der Waals surface area contributed by atoms with Crippen LogP contribution in [-0.4, -0.2) is 41.5 Å². The average Bonchev–Trinajstić information content (AvgIpc) is 2.67. The molecule has 1 aliphatic heterocycles. The maximum Gasteiger partial charge on any atom is 0.271 e. The number of aromatic nitrogens is 1. The molecule has 0 saturated heterocycles. The molecular weight excluding hydrogens is 404 g/mol. The molecule has 3 atom stereocenters. The van der Waals surface area contributed by atoms with Crippen molar-refractivity contribution in [3.63, 3.8) is 0 Å². The first kappa shape index (κ1) is 22.3. The van der Waals surface area contributed by atoms with E-state index in [2.05, 4.69) is 15.6 Å². The molecule has 0 aromatic carbocycles. The van der Waals surface area contributed by atoms with E-state index in [0.29, 0.717) is 35.3 Å². The second-order valence-electron chi connectivity index (χ2n) is 8.40. The number of pyridine rings is 1. The topological polar surface area (TPSA) is 83.6 Å². The van der Waals surface area contributed by atoms with E-state index in [-0.39, 0.29) is 29.8 Å².